The van der Waals surface area contributed by atoms with Crippen LogP contribution < -0.4 is 20.5 Å². The van der Waals surface area contributed by atoms with Crippen LogP contribution in [0.5, 0.6) is 11.5 Å². The minimum atomic E-state index is -0.707. The third kappa shape index (κ3) is 5.72. The van der Waals surface area contributed by atoms with Crippen molar-refractivity contribution in [1.29, 1.82) is 5.26 Å². The molecule has 2 aromatic rings. The summed E-state index contributed by atoms with van der Waals surface area (Å²) in [6.07, 6.45) is 0.839. The zero-order valence-electron chi connectivity index (χ0n) is 22.1. The smallest absolute Gasteiger partial charge is 0.337 e. The Kier molecular flexibility index (Phi) is 7.63. The fourth-order valence-corrected chi connectivity index (χ4v) is 4.75. The zero-order valence-corrected chi connectivity index (χ0v) is 22.1. The number of carbonyl (C=O) groups excluding carboxylic acids is 3. The van der Waals surface area contributed by atoms with Crippen molar-refractivity contribution in [3.05, 3.63) is 76.4 Å². The topological polar surface area (TPSA) is 150 Å². The van der Waals surface area contributed by atoms with Crippen LogP contribution in [0.2, 0.25) is 0 Å². The number of nitrogens with one attached hydrogen (secondary N) is 1. The van der Waals surface area contributed by atoms with Crippen LogP contribution in [-0.2, 0) is 19.1 Å². The number of Topliss-reactive ketones (excluding diaryl/α,β-unsaturated/α-hetero) is 1. The molecule has 10 nitrogen and oxygen atoms in total. The van der Waals surface area contributed by atoms with Gasteiger partial charge in [0.2, 0.25) is 5.88 Å². The lowest BCUT2D eigenvalue weighted by Crippen LogP contribution is -2.33. The highest BCUT2D eigenvalue weighted by Gasteiger charge is 2.43. The number of ketones is 1. The van der Waals surface area contributed by atoms with E-state index in [0.29, 0.717) is 52.5 Å². The van der Waals surface area contributed by atoms with Gasteiger partial charge in [-0.3, -0.25) is 9.59 Å². The van der Waals surface area contributed by atoms with Gasteiger partial charge in [0.1, 0.15) is 17.4 Å². The lowest BCUT2D eigenvalue weighted by molar-refractivity contribution is -0.119. The van der Waals surface area contributed by atoms with Crippen LogP contribution in [0.25, 0.3) is 0 Å². The number of hydrogen-bond donors (Lipinski definition) is 2. The Morgan fingerprint density at radius 3 is 2.49 bits per heavy atom. The molecular formula is C29H29N3O7. The molecule has 2 aromatic carbocycles. The number of allylic oxidation sites excluding steroid dienone is 3. The summed E-state index contributed by atoms with van der Waals surface area (Å²) in [5.74, 6) is -0.638. The highest BCUT2D eigenvalue weighted by atomic mass is 16.5. The second-order valence-electron chi connectivity index (χ2n) is 10.0. The van der Waals surface area contributed by atoms with E-state index in [-0.39, 0.29) is 29.3 Å². The number of hydrogen-bond acceptors (Lipinski definition) is 9. The lowest BCUT2D eigenvalue weighted by Gasteiger charge is -2.37. The molecule has 1 unspecified atom stereocenters. The van der Waals surface area contributed by atoms with Gasteiger partial charge in [-0.15, -0.1) is 0 Å². The van der Waals surface area contributed by atoms with Crippen LogP contribution >= 0.6 is 0 Å². The fourth-order valence-electron chi connectivity index (χ4n) is 4.75. The van der Waals surface area contributed by atoms with Crippen molar-refractivity contribution in [3.63, 3.8) is 0 Å². The fraction of sp³-hybridized carbons (Fsp3) is 0.310. The summed E-state index contributed by atoms with van der Waals surface area (Å²) in [7, 11) is 2.74. The minimum absolute atomic E-state index is 0.0256. The first-order valence-electron chi connectivity index (χ1n) is 12.2. The molecule has 0 radical (unpaired) electrons. The van der Waals surface area contributed by atoms with Gasteiger partial charge in [-0.05, 0) is 47.4 Å². The number of nitriles is 1. The number of amides is 1. The molecule has 10 heteroatoms. The maximum Gasteiger partial charge on any atom is 0.337 e. The number of rotatable bonds is 7. The van der Waals surface area contributed by atoms with Crippen LogP contribution in [0.1, 0.15) is 48.5 Å². The molecule has 1 aliphatic carbocycles. The molecule has 2 aliphatic rings. The van der Waals surface area contributed by atoms with Crippen molar-refractivity contribution < 1.29 is 33.3 Å². The molecule has 0 saturated carbocycles. The van der Waals surface area contributed by atoms with Gasteiger partial charge < -0.3 is 30.0 Å². The molecule has 39 heavy (non-hydrogen) atoms. The second kappa shape index (κ2) is 10.9. The van der Waals surface area contributed by atoms with Crippen molar-refractivity contribution in [1.82, 2.24) is 0 Å². The van der Waals surface area contributed by atoms with Crippen molar-refractivity contribution in [2.45, 2.75) is 32.6 Å². The molecule has 1 aliphatic heterocycles. The van der Waals surface area contributed by atoms with Gasteiger partial charge in [0.05, 0.1) is 25.7 Å². The van der Waals surface area contributed by atoms with Gasteiger partial charge in [-0.1, -0.05) is 19.9 Å². The van der Waals surface area contributed by atoms with Gasteiger partial charge >= 0.3 is 5.97 Å². The number of nitrogens with two attached hydrogens (primary N) is 1. The molecule has 0 aromatic heterocycles. The normalized spacial score (nSPS) is 17.9. The Morgan fingerprint density at radius 1 is 1.13 bits per heavy atom. The van der Waals surface area contributed by atoms with Crippen LogP contribution in [0.3, 0.4) is 0 Å². The van der Waals surface area contributed by atoms with Gasteiger partial charge in [-0.2, -0.15) is 5.26 Å². The average Bonchev–Trinajstić information content (AvgIpc) is 2.90. The predicted molar refractivity (Wildman–Crippen MR) is 141 cm³/mol. The number of ether oxygens (including phenoxy) is 4. The van der Waals surface area contributed by atoms with Crippen LogP contribution in [0, 0.1) is 16.7 Å². The van der Waals surface area contributed by atoms with Crippen molar-refractivity contribution >= 4 is 23.3 Å². The van der Waals surface area contributed by atoms with E-state index < -0.39 is 17.8 Å². The Balaban J connectivity index is 1.53. The van der Waals surface area contributed by atoms with E-state index >= 15 is 0 Å². The van der Waals surface area contributed by atoms with Gasteiger partial charge in [0, 0.05) is 24.1 Å². The molecule has 0 bridgehead atoms. The molecular weight excluding hydrogens is 502 g/mol. The third-order valence-corrected chi connectivity index (χ3v) is 6.54. The summed E-state index contributed by atoms with van der Waals surface area (Å²) in [4.78, 5) is 37.2. The van der Waals surface area contributed by atoms with E-state index in [2.05, 4.69) is 16.1 Å². The standard InChI is InChI=1S/C29H29N3O7/c1-29(2)12-20(33)26-23(13-29)39-27(31)19(14-30)25(26)17-7-10-21(22(11-17)36-3)38-15-24(34)32-18-8-5-16(6-9-18)28(35)37-4/h5-11,25H,12-13,15,31H2,1-4H3,(H,32,34). The summed E-state index contributed by atoms with van der Waals surface area (Å²) in [5.41, 5.74) is 7.84. The first-order valence-corrected chi connectivity index (χ1v) is 12.2. The van der Waals surface area contributed by atoms with Crippen LogP contribution in [0.4, 0.5) is 5.69 Å². The maximum absolute atomic E-state index is 13.2. The number of anilines is 1. The Morgan fingerprint density at radius 2 is 1.85 bits per heavy atom. The summed E-state index contributed by atoms with van der Waals surface area (Å²) in [6.45, 7) is 3.65. The third-order valence-electron chi connectivity index (χ3n) is 6.54. The number of benzene rings is 2. The molecule has 202 valence electrons. The van der Waals surface area contributed by atoms with Gasteiger partial charge in [-0.25, -0.2) is 4.79 Å². The van der Waals surface area contributed by atoms with Crippen LogP contribution in [0.15, 0.2) is 65.3 Å². The first kappa shape index (κ1) is 27.3. The van der Waals surface area contributed by atoms with Crippen LogP contribution in [-0.4, -0.2) is 38.5 Å². The van der Waals surface area contributed by atoms with E-state index in [1.54, 1.807) is 30.3 Å². The number of methoxy groups -OCH3 is 2. The second-order valence-corrected chi connectivity index (χ2v) is 10.0. The quantitative estimate of drug-likeness (QED) is 0.506. The molecule has 1 amide bonds. The van der Waals surface area contributed by atoms with E-state index in [1.807, 2.05) is 13.8 Å². The van der Waals surface area contributed by atoms with E-state index in [4.69, 9.17) is 19.9 Å². The summed E-state index contributed by atoms with van der Waals surface area (Å²) in [6, 6.07) is 13.3. The molecule has 3 N–H and O–H groups in total. The summed E-state index contributed by atoms with van der Waals surface area (Å²) < 4.78 is 21.6. The predicted octanol–water partition coefficient (Wildman–Crippen LogP) is 3.95. The molecule has 0 saturated heterocycles. The number of carbonyl (C=O) groups is 3. The van der Waals surface area contributed by atoms with Crippen molar-refractivity contribution in [3.8, 4) is 17.6 Å². The van der Waals surface area contributed by atoms with Gasteiger partial charge in [0.25, 0.3) is 5.91 Å². The first-order chi connectivity index (χ1) is 18.6. The molecule has 4 rings (SSSR count). The highest BCUT2D eigenvalue weighted by molar-refractivity contribution is 6.00. The van der Waals surface area contributed by atoms with E-state index in [1.165, 1.54) is 26.4 Å². The zero-order chi connectivity index (χ0) is 28.3. The number of nitrogens with zero attached hydrogens (tertiary/aromatic N) is 1. The molecule has 1 atom stereocenters. The summed E-state index contributed by atoms with van der Waals surface area (Å²) >= 11 is 0. The Labute approximate surface area is 226 Å². The lowest BCUT2D eigenvalue weighted by atomic mass is 9.70. The Bertz CT molecular complexity index is 1430. The molecule has 0 spiro atoms. The largest absolute Gasteiger partial charge is 0.493 e. The monoisotopic (exact) mass is 531 g/mol. The van der Waals surface area contributed by atoms with Crippen molar-refractivity contribution in [2.75, 3.05) is 26.1 Å². The van der Waals surface area contributed by atoms with Crippen molar-refractivity contribution in [2.24, 2.45) is 11.1 Å². The van der Waals surface area contributed by atoms with E-state index in [0.717, 1.165) is 0 Å². The van der Waals surface area contributed by atoms with E-state index in [9.17, 15) is 19.6 Å². The Hall–Kier alpha value is -4.78. The van der Waals surface area contributed by atoms with Gasteiger partial charge in [0.15, 0.2) is 23.9 Å². The minimum Gasteiger partial charge on any atom is -0.493 e. The number of esters is 1. The average molecular weight is 532 g/mol. The highest BCUT2D eigenvalue weighted by Crippen LogP contribution is 2.48. The molecule has 1 heterocycles. The molecule has 0 fully saturated rings. The maximum atomic E-state index is 13.2. The summed E-state index contributed by atoms with van der Waals surface area (Å²) in [5, 5.41) is 12.5. The SMILES string of the molecule is COC(=O)c1ccc(NC(=O)COc2ccc(C3C(C#N)=C(N)OC4=C3C(=O)CC(C)(C)C4)cc2OC)cc1.